The fraction of sp³-hybridized carbons (Fsp3) is 0.167. The predicted octanol–water partition coefficient (Wildman–Crippen LogP) is 1.50. The number of aromatic nitrogens is 2. The first-order valence-corrected chi connectivity index (χ1v) is 5.82. The third kappa shape index (κ3) is 3.01. The quantitative estimate of drug-likeness (QED) is 0.783. The predicted molar refractivity (Wildman–Crippen MR) is 70.0 cm³/mol. The highest BCUT2D eigenvalue weighted by Crippen LogP contribution is 2.15. The van der Waals surface area contributed by atoms with Crippen molar-refractivity contribution in [3.63, 3.8) is 0 Å². The van der Waals surface area contributed by atoms with Crippen molar-refractivity contribution in [2.24, 2.45) is 0 Å². The van der Waals surface area contributed by atoms with Crippen LogP contribution in [-0.2, 0) is 17.8 Å². The number of halogens is 1. The monoisotopic (exact) mass is 264 g/mol. The van der Waals surface area contributed by atoms with Crippen LogP contribution < -0.4 is 11.1 Å². The highest BCUT2D eigenvalue weighted by molar-refractivity contribution is 6.31. The Hall–Kier alpha value is -2.01. The minimum atomic E-state index is -0.108. The number of anilines is 1. The number of nitrogens with one attached hydrogen (secondary N) is 2. The van der Waals surface area contributed by atoms with Crippen molar-refractivity contribution >= 4 is 23.3 Å². The molecule has 0 aliphatic carbocycles. The maximum atomic E-state index is 11.7. The van der Waals surface area contributed by atoms with Gasteiger partial charge in [-0.15, -0.1) is 0 Å². The molecule has 0 radical (unpaired) electrons. The average Bonchev–Trinajstić information content (AvgIpc) is 2.75. The van der Waals surface area contributed by atoms with Crippen LogP contribution >= 0.6 is 11.6 Å². The Kier molecular flexibility index (Phi) is 3.84. The molecule has 1 aromatic carbocycles. The Morgan fingerprint density at radius 3 is 2.83 bits per heavy atom. The zero-order chi connectivity index (χ0) is 13.0. The minimum Gasteiger partial charge on any atom is -0.384 e. The highest BCUT2D eigenvalue weighted by atomic mass is 35.5. The number of nitrogen functional groups attached to an aromatic ring is 1. The first-order valence-electron chi connectivity index (χ1n) is 5.44. The van der Waals surface area contributed by atoms with Crippen LogP contribution in [0.1, 0.15) is 11.1 Å². The van der Waals surface area contributed by atoms with Gasteiger partial charge in [0.2, 0.25) is 5.91 Å². The smallest absolute Gasteiger partial charge is 0.224 e. The fourth-order valence-electron chi connectivity index (χ4n) is 1.53. The molecule has 0 atom stereocenters. The average molecular weight is 265 g/mol. The van der Waals surface area contributed by atoms with Crippen molar-refractivity contribution in [1.29, 1.82) is 0 Å². The number of rotatable bonds is 4. The number of carbonyl (C=O) groups is 1. The molecular weight excluding hydrogens is 252 g/mol. The van der Waals surface area contributed by atoms with Crippen molar-refractivity contribution in [3.8, 4) is 0 Å². The van der Waals surface area contributed by atoms with Gasteiger partial charge in [-0.1, -0.05) is 29.8 Å². The summed E-state index contributed by atoms with van der Waals surface area (Å²) in [6, 6.07) is 7.27. The Bertz CT molecular complexity index is 553. The molecule has 1 heterocycles. The highest BCUT2D eigenvalue weighted by Gasteiger charge is 2.07. The van der Waals surface area contributed by atoms with Crippen LogP contribution in [0.3, 0.4) is 0 Å². The van der Waals surface area contributed by atoms with Crippen molar-refractivity contribution in [3.05, 3.63) is 46.6 Å². The third-order valence-electron chi connectivity index (χ3n) is 2.54. The van der Waals surface area contributed by atoms with Crippen LogP contribution in [0.15, 0.2) is 30.5 Å². The Morgan fingerprint density at radius 1 is 1.39 bits per heavy atom. The van der Waals surface area contributed by atoms with Gasteiger partial charge in [0, 0.05) is 17.1 Å². The molecular formula is C12H13ClN4O. The number of amides is 1. The van der Waals surface area contributed by atoms with Gasteiger partial charge >= 0.3 is 0 Å². The SMILES string of the molecule is Nc1[nH]ncc1CNC(=O)Cc1ccccc1Cl. The molecule has 0 unspecified atom stereocenters. The number of H-pyrrole nitrogens is 1. The molecule has 94 valence electrons. The molecule has 0 aliphatic heterocycles. The summed E-state index contributed by atoms with van der Waals surface area (Å²) < 4.78 is 0. The zero-order valence-corrected chi connectivity index (χ0v) is 10.4. The number of hydrogen-bond acceptors (Lipinski definition) is 3. The maximum absolute atomic E-state index is 11.7. The van der Waals surface area contributed by atoms with Gasteiger partial charge in [0.25, 0.3) is 0 Å². The molecule has 2 rings (SSSR count). The van der Waals surface area contributed by atoms with E-state index in [1.54, 1.807) is 12.3 Å². The van der Waals surface area contributed by atoms with Crippen LogP contribution in [0, 0.1) is 0 Å². The first-order chi connectivity index (χ1) is 8.66. The summed E-state index contributed by atoms with van der Waals surface area (Å²) in [5, 5.41) is 9.74. The molecule has 4 N–H and O–H groups in total. The van der Waals surface area contributed by atoms with Gasteiger partial charge < -0.3 is 11.1 Å². The van der Waals surface area contributed by atoms with Crippen molar-refractivity contribution in [2.75, 3.05) is 5.73 Å². The lowest BCUT2D eigenvalue weighted by molar-refractivity contribution is -0.120. The van der Waals surface area contributed by atoms with E-state index >= 15 is 0 Å². The summed E-state index contributed by atoms with van der Waals surface area (Å²) >= 11 is 5.98. The molecule has 6 heteroatoms. The largest absolute Gasteiger partial charge is 0.384 e. The molecule has 0 fully saturated rings. The molecule has 18 heavy (non-hydrogen) atoms. The van der Waals surface area contributed by atoms with E-state index in [2.05, 4.69) is 15.5 Å². The normalized spacial score (nSPS) is 10.3. The molecule has 0 aliphatic rings. The first kappa shape index (κ1) is 12.4. The van der Waals surface area contributed by atoms with Gasteiger partial charge in [-0.2, -0.15) is 5.10 Å². The number of nitrogens with zero attached hydrogens (tertiary/aromatic N) is 1. The van der Waals surface area contributed by atoms with Gasteiger partial charge in [0.15, 0.2) is 0 Å². The molecule has 2 aromatic rings. The molecule has 1 aromatic heterocycles. The summed E-state index contributed by atoms with van der Waals surface area (Å²) in [6.45, 7) is 0.353. The molecule has 0 saturated carbocycles. The molecule has 0 bridgehead atoms. The molecule has 0 saturated heterocycles. The van der Waals surface area contributed by atoms with Gasteiger partial charge in [0.1, 0.15) is 5.82 Å². The van der Waals surface area contributed by atoms with Crippen LogP contribution in [0.25, 0.3) is 0 Å². The van der Waals surface area contributed by atoms with Gasteiger partial charge in [-0.3, -0.25) is 9.89 Å². The van der Waals surface area contributed by atoms with E-state index in [0.717, 1.165) is 11.1 Å². The second-order valence-electron chi connectivity index (χ2n) is 3.85. The second-order valence-corrected chi connectivity index (χ2v) is 4.26. The summed E-state index contributed by atoms with van der Waals surface area (Å²) in [6.07, 6.45) is 1.84. The zero-order valence-electron chi connectivity index (χ0n) is 9.61. The maximum Gasteiger partial charge on any atom is 0.224 e. The number of hydrogen-bond donors (Lipinski definition) is 3. The summed E-state index contributed by atoms with van der Waals surface area (Å²) in [5.74, 6) is 0.358. The van der Waals surface area contributed by atoms with Crippen LogP contribution in [-0.4, -0.2) is 16.1 Å². The lowest BCUT2D eigenvalue weighted by Gasteiger charge is -2.05. The summed E-state index contributed by atoms with van der Waals surface area (Å²) in [4.78, 5) is 11.7. The second kappa shape index (κ2) is 5.55. The molecule has 1 amide bonds. The van der Waals surface area contributed by atoms with Crippen LogP contribution in [0.2, 0.25) is 5.02 Å². The summed E-state index contributed by atoms with van der Waals surface area (Å²) in [7, 11) is 0. The van der Waals surface area contributed by atoms with Crippen molar-refractivity contribution < 1.29 is 4.79 Å². The third-order valence-corrected chi connectivity index (χ3v) is 2.90. The fourth-order valence-corrected chi connectivity index (χ4v) is 1.74. The van der Waals surface area contributed by atoms with Crippen LogP contribution in [0.5, 0.6) is 0 Å². The number of aromatic amines is 1. The molecule has 5 nitrogen and oxygen atoms in total. The molecule has 0 spiro atoms. The number of carbonyl (C=O) groups excluding carboxylic acids is 1. The van der Waals surface area contributed by atoms with E-state index in [9.17, 15) is 4.79 Å². The minimum absolute atomic E-state index is 0.108. The Balaban J connectivity index is 1.90. The Morgan fingerprint density at radius 2 is 2.17 bits per heavy atom. The van der Waals surface area contributed by atoms with E-state index in [1.165, 1.54) is 0 Å². The Labute approximate surface area is 109 Å². The number of nitrogens with two attached hydrogens (primary N) is 1. The topological polar surface area (TPSA) is 83.8 Å². The number of benzene rings is 1. The summed E-state index contributed by atoms with van der Waals surface area (Å²) in [5.41, 5.74) is 7.18. The van der Waals surface area contributed by atoms with Crippen molar-refractivity contribution in [2.45, 2.75) is 13.0 Å². The van der Waals surface area contributed by atoms with E-state index < -0.39 is 0 Å². The van der Waals surface area contributed by atoms with E-state index in [0.29, 0.717) is 17.4 Å². The lowest BCUT2D eigenvalue weighted by atomic mass is 10.1. The van der Waals surface area contributed by atoms with Gasteiger partial charge in [0.05, 0.1) is 12.6 Å². The van der Waals surface area contributed by atoms with Gasteiger partial charge in [-0.05, 0) is 11.6 Å². The van der Waals surface area contributed by atoms with E-state index in [-0.39, 0.29) is 12.3 Å². The standard InChI is InChI=1S/C12H13ClN4O/c13-10-4-2-1-3-8(10)5-11(18)15-6-9-7-16-17-12(9)14/h1-4,7H,5-6H2,(H,15,18)(H3,14,16,17). The van der Waals surface area contributed by atoms with E-state index in [4.69, 9.17) is 17.3 Å². The van der Waals surface area contributed by atoms with Crippen molar-refractivity contribution in [1.82, 2.24) is 15.5 Å². The van der Waals surface area contributed by atoms with E-state index in [1.807, 2.05) is 18.2 Å². The lowest BCUT2D eigenvalue weighted by Crippen LogP contribution is -2.24. The van der Waals surface area contributed by atoms with Gasteiger partial charge in [-0.25, -0.2) is 0 Å². The van der Waals surface area contributed by atoms with Crippen LogP contribution in [0.4, 0.5) is 5.82 Å².